The SMILES string of the molecule is COC(=O)c1ccc(CNc2nc3c(cc2C#N)CCCC3)o1. The number of nitrogens with one attached hydrogen (secondary N) is 1. The molecule has 23 heavy (non-hydrogen) atoms. The van der Waals surface area contributed by atoms with Crippen molar-refractivity contribution in [2.45, 2.75) is 32.2 Å². The molecule has 0 radical (unpaired) electrons. The van der Waals surface area contributed by atoms with Gasteiger partial charge in [-0.05, 0) is 49.4 Å². The third kappa shape index (κ3) is 3.19. The van der Waals surface area contributed by atoms with E-state index in [4.69, 9.17) is 4.42 Å². The van der Waals surface area contributed by atoms with Crippen LogP contribution < -0.4 is 5.32 Å². The molecule has 1 N–H and O–H groups in total. The molecule has 2 heterocycles. The monoisotopic (exact) mass is 311 g/mol. The molecule has 2 aromatic rings. The zero-order chi connectivity index (χ0) is 16.2. The van der Waals surface area contributed by atoms with Crippen LogP contribution in [0.25, 0.3) is 0 Å². The molecule has 0 saturated carbocycles. The van der Waals surface area contributed by atoms with Crippen molar-refractivity contribution in [3.8, 4) is 6.07 Å². The van der Waals surface area contributed by atoms with Crippen molar-refractivity contribution in [1.82, 2.24) is 4.98 Å². The number of carbonyl (C=O) groups excluding carboxylic acids is 1. The van der Waals surface area contributed by atoms with E-state index in [1.165, 1.54) is 12.7 Å². The molecule has 0 unspecified atom stereocenters. The molecule has 0 aliphatic heterocycles. The number of aromatic nitrogens is 1. The third-order valence-corrected chi connectivity index (χ3v) is 3.90. The Morgan fingerprint density at radius 2 is 2.26 bits per heavy atom. The number of furan rings is 1. The maximum absolute atomic E-state index is 11.4. The summed E-state index contributed by atoms with van der Waals surface area (Å²) in [7, 11) is 1.30. The van der Waals surface area contributed by atoms with Gasteiger partial charge in [-0.25, -0.2) is 9.78 Å². The second-order valence-corrected chi connectivity index (χ2v) is 5.42. The summed E-state index contributed by atoms with van der Waals surface area (Å²) in [5.41, 5.74) is 2.77. The Bertz CT molecular complexity index is 774. The van der Waals surface area contributed by atoms with Crippen molar-refractivity contribution >= 4 is 11.8 Å². The van der Waals surface area contributed by atoms with Crippen LogP contribution in [0.3, 0.4) is 0 Å². The molecule has 118 valence electrons. The van der Waals surface area contributed by atoms with Gasteiger partial charge in [-0.3, -0.25) is 0 Å². The number of pyridine rings is 1. The molecular formula is C17H17N3O3. The molecule has 3 rings (SSSR count). The number of ether oxygens (including phenoxy) is 1. The Kier molecular flexibility index (Phi) is 4.29. The minimum absolute atomic E-state index is 0.156. The number of anilines is 1. The van der Waals surface area contributed by atoms with Gasteiger partial charge in [-0.2, -0.15) is 5.26 Å². The van der Waals surface area contributed by atoms with Crippen LogP contribution in [0.2, 0.25) is 0 Å². The summed E-state index contributed by atoms with van der Waals surface area (Å²) in [6.45, 7) is 0.345. The average molecular weight is 311 g/mol. The lowest BCUT2D eigenvalue weighted by Crippen LogP contribution is -2.10. The Labute approximate surface area is 134 Å². The van der Waals surface area contributed by atoms with E-state index in [1.807, 2.05) is 6.07 Å². The number of nitrogens with zero attached hydrogens (tertiary/aromatic N) is 2. The van der Waals surface area contributed by atoms with Crippen molar-refractivity contribution in [2.75, 3.05) is 12.4 Å². The van der Waals surface area contributed by atoms with Crippen LogP contribution in [0.15, 0.2) is 22.6 Å². The van der Waals surface area contributed by atoms with E-state index in [1.54, 1.807) is 12.1 Å². The maximum Gasteiger partial charge on any atom is 0.373 e. The van der Waals surface area contributed by atoms with E-state index >= 15 is 0 Å². The van der Waals surface area contributed by atoms with Crippen molar-refractivity contribution in [3.63, 3.8) is 0 Å². The Balaban J connectivity index is 1.76. The Morgan fingerprint density at radius 3 is 3.04 bits per heavy atom. The molecule has 2 aromatic heterocycles. The van der Waals surface area contributed by atoms with Gasteiger partial charge in [-0.15, -0.1) is 0 Å². The van der Waals surface area contributed by atoms with Crippen LogP contribution in [0.1, 0.15) is 46.0 Å². The fourth-order valence-corrected chi connectivity index (χ4v) is 2.71. The fraction of sp³-hybridized carbons (Fsp3) is 0.353. The van der Waals surface area contributed by atoms with E-state index in [0.717, 1.165) is 31.4 Å². The number of fused-ring (bicyclic) bond motifs is 1. The first-order chi connectivity index (χ1) is 11.2. The van der Waals surface area contributed by atoms with Crippen molar-refractivity contribution in [2.24, 2.45) is 0 Å². The summed E-state index contributed by atoms with van der Waals surface area (Å²) < 4.78 is 10.00. The highest BCUT2D eigenvalue weighted by atomic mass is 16.5. The molecule has 1 aliphatic carbocycles. The summed E-state index contributed by atoms with van der Waals surface area (Å²) in [6, 6.07) is 7.37. The molecule has 6 heteroatoms. The number of aryl methyl sites for hydroxylation is 2. The highest BCUT2D eigenvalue weighted by Gasteiger charge is 2.16. The Hall–Kier alpha value is -2.81. The van der Waals surface area contributed by atoms with Crippen molar-refractivity contribution in [1.29, 1.82) is 5.26 Å². The number of hydrogen-bond donors (Lipinski definition) is 1. The first-order valence-electron chi connectivity index (χ1n) is 7.55. The second kappa shape index (κ2) is 6.53. The second-order valence-electron chi connectivity index (χ2n) is 5.42. The van der Waals surface area contributed by atoms with Gasteiger partial charge in [-0.1, -0.05) is 0 Å². The molecule has 1 aliphatic rings. The normalized spacial score (nSPS) is 13.0. The molecule has 0 amide bonds. The van der Waals surface area contributed by atoms with E-state index in [0.29, 0.717) is 23.7 Å². The molecular weight excluding hydrogens is 294 g/mol. The lowest BCUT2D eigenvalue weighted by atomic mass is 9.95. The minimum Gasteiger partial charge on any atom is -0.463 e. The number of nitriles is 1. The van der Waals surface area contributed by atoms with Gasteiger partial charge < -0.3 is 14.5 Å². The molecule has 6 nitrogen and oxygen atoms in total. The number of carbonyl (C=O) groups is 1. The van der Waals surface area contributed by atoms with Gasteiger partial charge in [0.15, 0.2) is 0 Å². The summed E-state index contributed by atoms with van der Waals surface area (Å²) >= 11 is 0. The molecule has 0 bridgehead atoms. The average Bonchev–Trinajstić information content (AvgIpc) is 3.07. The predicted octanol–water partition coefficient (Wildman–Crippen LogP) is 2.82. The van der Waals surface area contributed by atoms with Gasteiger partial charge >= 0.3 is 5.97 Å². The molecule has 0 aromatic carbocycles. The van der Waals surface area contributed by atoms with Crippen LogP contribution in [0.5, 0.6) is 0 Å². The highest BCUT2D eigenvalue weighted by molar-refractivity contribution is 5.86. The third-order valence-electron chi connectivity index (χ3n) is 3.90. The number of hydrogen-bond acceptors (Lipinski definition) is 6. The summed E-state index contributed by atoms with van der Waals surface area (Å²) in [5, 5.41) is 12.4. The lowest BCUT2D eigenvalue weighted by molar-refractivity contribution is 0.0563. The van der Waals surface area contributed by atoms with Gasteiger partial charge in [0.1, 0.15) is 17.6 Å². The van der Waals surface area contributed by atoms with E-state index in [9.17, 15) is 10.1 Å². The van der Waals surface area contributed by atoms with Crippen LogP contribution in [0.4, 0.5) is 5.82 Å². The lowest BCUT2D eigenvalue weighted by Gasteiger charge is -2.17. The standard InChI is InChI=1S/C17H17N3O3/c1-22-17(21)15-7-6-13(23-15)10-19-16-12(9-18)8-11-4-2-3-5-14(11)20-16/h6-8H,2-5,10H2,1H3,(H,19,20). The van der Waals surface area contributed by atoms with E-state index in [-0.39, 0.29) is 5.76 Å². The van der Waals surface area contributed by atoms with Crippen LogP contribution in [-0.2, 0) is 24.1 Å². The first kappa shape index (κ1) is 15.1. The van der Waals surface area contributed by atoms with E-state index in [2.05, 4.69) is 21.1 Å². The fourth-order valence-electron chi connectivity index (χ4n) is 2.71. The minimum atomic E-state index is -0.513. The van der Waals surface area contributed by atoms with Crippen LogP contribution >= 0.6 is 0 Å². The summed E-state index contributed by atoms with van der Waals surface area (Å²) in [4.78, 5) is 16.0. The van der Waals surface area contributed by atoms with Crippen molar-refractivity contribution in [3.05, 3.63) is 46.5 Å². The largest absolute Gasteiger partial charge is 0.463 e. The maximum atomic E-state index is 11.4. The van der Waals surface area contributed by atoms with Gasteiger partial charge in [0.25, 0.3) is 0 Å². The Morgan fingerprint density at radius 1 is 1.43 bits per heavy atom. The van der Waals surface area contributed by atoms with Crippen LogP contribution in [0, 0.1) is 11.3 Å². The van der Waals surface area contributed by atoms with E-state index < -0.39 is 5.97 Å². The summed E-state index contributed by atoms with van der Waals surface area (Å²) in [5.74, 6) is 0.780. The predicted molar refractivity (Wildman–Crippen MR) is 83.0 cm³/mol. The quantitative estimate of drug-likeness (QED) is 0.873. The van der Waals surface area contributed by atoms with Crippen LogP contribution in [-0.4, -0.2) is 18.1 Å². The smallest absolute Gasteiger partial charge is 0.373 e. The first-order valence-corrected chi connectivity index (χ1v) is 7.55. The molecule has 0 atom stereocenters. The number of methoxy groups -OCH3 is 1. The van der Waals surface area contributed by atoms with Gasteiger partial charge in [0.05, 0.1) is 19.2 Å². The highest BCUT2D eigenvalue weighted by Crippen LogP contribution is 2.24. The summed E-state index contributed by atoms with van der Waals surface area (Å²) in [6.07, 6.45) is 4.21. The zero-order valence-electron chi connectivity index (χ0n) is 12.9. The van der Waals surface area contributed by atoms with Gasteiger partial charge in [0.2, 0.25) is 5.76 Å². The topological polar surface area (TPSA) is 88.1 Å². The molecule has 0 fully saturated rings. The zero-order valence-corrected chi connectivity index (χ0v) is 12.9. The van der Waals surface area contributed by atoms with Crippen molar-refractivity contribution < 1.29 is 13.9 Å². The number of esters is 1. The number of rotatable bonds is 4. The molecule has 0 spiro atoms. The van der Waals surface area contributed by atoms with Gasteiger partial charge in [0, 0.05) is 5.69 Å². The molecule has 0 saturated heterocycles.